The predicted octanol–water partition coefficient (Wildman–Crippen LogP) is 2.49. The molecular formula is C21H26N4O3. The Balaban J connectivity index is 1.72. The first-order chi connectivity index (χ1) is 13.3. The van der Waals surface area contributed by atoms with Crippen molar-refractivity contribution in [3.63, 3.8) is 0 Å². The second-order valence-corrected chi connectivity index (χ2v) is 7.97. The maximum atomic E-state index is 13.0. The van der Waals surface area contributed by atoms with Crippen molar-refractivity contribution >= 4 is 17.8 Å². The first-order valence-electron chi connectivity index (χ1n) is 9.73. The van der Waals surface area contributed by atoms with E-state index >= 15 is 0 Å². The van der Waals surface area contributed by atoms with Crippen LogP contribution in [0.25, 0.3) is 0 Å². The van der Waals surface area contributed by atoms with Crippen molar-refractivity contribution in [1.82, 2.24) is 15.5 Å². The van der Waals surface area contributed by atoms with Gasteiger partial charge < -0.3 is 10.6 Å². The van der Waals surface area contributed by atoms with Crippen LogP contribution in [0, 0.1) is 18.3 Å². The standard InChI is InChI=1S/C21H26N4O3/c1-15-7-9-16(10-8-15)20(2)18(27)25(19(28)24-20)13-17(26)23-21(14-22)11-5-3-4-6-12-21/h7-10H,3-6,11-13H2,1-2H3,(H,23,26)(H,24,28). The molecule has 4 amide bonds. The quantitative estimate of drug-likeness (QED) is 0.617. The molecule has 7 heteroatoms. The van der Waals surface area contributed by atoms with E-state index in [1.807, 2.05) is 19.1 Å². The summed E-state index contributed by atoms with van der Waals surface area (Å²) < 4.78 is 0. The van der Waals surface area contributed by atoms with Crippen LogP contribution < -0.4 is 10.6 Å². The molecule has 1 aliphatic carbocycles. The van der Waals surface area contributed by atoms with Gasteiger partial charge in [0.25, 0.3) is 5.91 Å². The Bertz CT molecular complexity index is 819. The summed E-state index contributed by atoms with van der Waals surface area (Å²) in [6.07, 6.45) is 5.03. The number of imide groups is 1. The number of hydrogen-bond acceptors (Lipinski definition) is 4. The summed E-state index contributed by atoms with van der Waals surface area (Å²) >= 11 is 0. The largest absolute Gasteiger partial charge is 0.336 e. The van der Waals surface area contributed by atoms with Gasteiger partial charge >= 0.3 is 6.03 Å². The highest BCUT2D eigenvalue weighted by Crippen LogP contribution is 2.30. The average molecular weight is 382 g/mol. The van der Waals surface area contributed by atoms with Crippen molar-refractivity contribution < 1.29 is 14.4 Å². The molecule has 0 bridgehead atoms. The van der Waals surface area contributed by atoms with E-state index in [0.29, 0.717) is 18.4 Å². The number of nitrogens with zero attached hydrogens (tertiary/aromatic N) is 2. The monoisotopic (exact) mass is 382 g/mol. The number of benzene rings is 1. The van der Waals surface area contributed by atoms with E-state index < -0.39 is 35.5 Å². The fourth-order valence-corrected chi connectivity index (χ4v) is 3.97. The summed E-state index contributed by atoms with van der Waals surface area (Å²) in [5.74, 6) is -0.955. The van der Waals surface area contributed by atoms with Gasteiger partial charge in [-0.1, -0.05) is 55.5 Å². The Morgan fingerprint density at radius 2 is 1.79 bits per heavy atom. The Labute approximate surface area is 165 Å². The molecule has 3 rings (SSSR count). The zero-order chi connectivity index (χ0) is 20.4. The minimum absolute atomic E-state index is 0.393. The zero-order valence-electron chi connectivity index (χ0n) is 16.4. The van der Waals surface area contributed by atoms with E-state index in [1.165, 1.54) is 0 Å². The van der Waals surface area contributed by atoms with Gasteiger partial charge in [-0.15, -0.1) is 0 Å². The van der Waals surface area contributed by atoms with Gasteiger partial charge in [0.15, 0.2) is 0 Å². The van der Waals surface area contributed by atoms with Gasteiger partial charge in [-0.2, -0.15) is 5.26 Å². The van der Waals surface area contributed by atoms with Crippen molar-refractivity contribution in [1.29, 1.82) is 5.26 Å². The van der Waals surface area contributed by atoms with E-state index in [2.05, 4.69) is 16.7 Å². The minimum atomic E-state index is -1.21. The van der Waals surface area contributed by atoms with Crippen molar-refractivity contribution in [2.45, 2.75) is 63.5 Å². The Kier molecular flexibility index (Phi) is 5.41. The molecule has 1 unspecified atom stereocenters. The second kappa shape index (κ2) is 7.63. The van der Waals surface area contributed by atoms with Gasteiger partial charge in [-0.3, -0.25) is 14.5 Å². The molecule has 0 radical (unpaired) electrons. The van der Waals surface area contributed by atoms with Gasteiger partial charge in [0, 0.05) is 0 Å². The smallest absolute Gasteiger partial charge is 0.325 e. The van der Waals surface area contributed by atoms with Crippen LogP contribution in [-0.2, 0) is 15.1 Å². The molecule has 0 spiro atoms. The van der Waals surface area contributed by atoms with Gasteiger partial charge in [0.05, 0.1) is 6.07 Å². The number of rotatable bonds is 4. The molecule has 1 aromatic rings. The third-order valence-corrected chi connectivity index (χ3v) is 5.76. The first-order valence-corrected chi connectivity index (χ1v) is 9.73. The van der Waals surface area contributed by atoms with Crippen LogP contribution in [0.1, 0.15) is 56.6 Å². The van der Waals surface area contributed by atoms with E-state index in [0.717, 1.165) is 36.1 Å². The number of aryl methyl sites for hydroxylation is 1. The van der Waals surface area contributed by atoms with Crippen LogP contribution in [-0.4, -0.2) is 34.8 Å². The SMILES string of the molecule is Cc1ccc(C2(C)NC(=O)N(CC(=O)NC3(C#N)CCCCCC3)C2=O)cc1. The van der Waals surface area contributed by atoms with Gasteiger partial charge in [0.1, 0.15) is 17.6 Å². The first kappa shape index (κ1) is 19.9. The fourth-order valence-electron chi connectivity index (χ4n) is 3.97. The second-order valence-electron chi connectivity index (χ2n) is 7.97. The lowest BCUT2D eigenvalue weighted by Crippen LogP contribution is -2.51. The molecule has 1 saturated heterocycles. The zero-order valence-corrected chi connectivity index (χ0v) is 16.4. The molecule has 28 heavy (non-hydrogen) atoms. The van der Waals surface area contributed by atoms with Crippen molar-refractivity contribution in [2.75, 3.05) is 6.54 Å². The normalized spacial score (nSPS) is 24.2. The lowest BCUT2D eigenvalue weighted by molar-refractivity contribution is -0.135. The number of hydrogen-bond donors (Lipinski definition) is 2. The molecule has 1 atom stereocenters. The molecule has 2 fully saturated rings. The summed E-state index contributed by atoms with van der Waals surface area (Å²) in [5, 5.41) is 15.1. The molecule has 1 saturated carbocycles. The van der Waals surface area contributed by atoms with Crippen molar-refractivity contribution in [2.24, 2.45) is 0 Å². The maximum Gasteiger partial charge on any atom is 0.325 e. The highest BCUT2D eigenvalue weighted by atomic mass is 16.2. The van der Waals surface area contributed by atoms with Crippen LogP contribution in [0.3, 0.4) is 0 Å². The number of nitriles is 1. The number of urea groups is 1. The molecule has 1 aliphatic heterocycles. The summed E-state index contributed by atoms with van der Waals surface area (Å²) in [6, 6.07) is 8.99. The number of nitrogens with one attached hydrogen (secondary N) is 2. The maximum absolute atomic E-state index is 13.0. The molecule has 0 aromatic heterocycles. The van der Waals surface area contributed by atoms with E-state index in [1.54, 1.807) is 19.1 Å². The van der Waals surface area contributed by atoms with Crippen LogP contribution in [0.4, 0.5) is 4.79 Å². The Morgan fingerprint density at radius 1 is 1.18 bits per heavy atom. The third kappa shape index (κ3) is 3.72. The van der Waals surface area contributed by atoms with Crippen molar-refractivity contribution in [3.05, 3.63) is 35.4 Å². The number of carbonyl (C=O) groups is 3. The van der Waals surface area contributed by atoms with Crippen LogP contribution in [0.15, 0.2) is 24.3 Å². The highest BCUT2D eigenvalue weighted by molar-refractivity contribution is 6.09. The molecule has 1 aromatic carbocycles. The molecule has 2 N–H and O–H groups in total. The topological polar surface area (TPSA) is 102 Å². The number of carbonyl (C=O) groups excluding carboxylic acids is 3. The predicted molar refractivity (Wildman–Crippen MR) is 103 cm³/mol. The highest BCUT2D eigenvalue weighted by Gasteiger charge is 2.49. The molecule has 1 heterocycles. The van der Waals surface area contributed by atoms with E-state index in [9.17, 15) is 19.6 Å². The van der Waals surface area contributed by atoms with Gasteiger partial charge in [-0.05, 0) is 32.3 Å². The Hall–Kier alpha value is -2.88. The summed E-state index contributed by atoms with van der Waals surface area (Å²) in [4.78, 5) is 38.9. The van der Waals surface area contributed by atoms with Crippen molar-refractivity contribution in [3.8, 4) is 6.07 Å². The molecule has 7 nitrogen and oxygen atoms in total. The van der Waals surface area contributed by atoms with Crippen LogP contribution in [0.2, 0.25) is 0 Å². The Morgan fingerprint density at radius 3 is 2.36 bits per heavy atom. The summed E-state index contributed by atoms with van der Waals surface area (Å²) in [6.45, 7) is 3.18. The summed E-state index contributed by atoms with van der Waals surface area (Å²) in [5.41, 5.74) is -0.407. The number of amides is 4. The molecule has 2 aliphatic rings. The lowest BCUT2D eigenvalue weighted by atomic mass is 9.91. The van der Waals surface area contributed by atoms with Crippen LogP contribution in [0.5, 0.6) is 0 Å². The van der Waals surface area contributed by atoms with E-state index in [4.69, 9.17) is 0 Å². The van der Waals surface area contributed by atoms with Crippen LogP contribution >= 0.6 is 0 Å². The summed E-state index contributed by atoms with van der Waals surface area (Å²) in [7, 11) is 0. The minimum Gasteiger partial charge on any atom is -0.336 e. The average Bonchev–Trinajstić information content (AvgIpc) is 2.84. The third-order valence-electron chi connectivity index (χ3n) is 5.76. The van der Waals surface area contributed by atoms with Gasteiger partial charge in [0.2, 0.25) is 5.91 Å². The molecular weight excluding hydrogens is 356 g/mol. The molecule has 148 valence electrons. The lowest BCUT2D eigenvalue weighted by Gasteiger charge is -2.27. The van der Waals surface area contributed by atoms with E-state index in [-0.39, 0.29) is 0 Å². The fraction of sp³-hybridized carbons (Fsp3) is 0.524. The van der Waals surface area contributed by atoms with Gasteiger partial charge in [-0.25, -0.2) is 4.79 Å².